The second kappa shape index (κ2) is 4.99. The lowest BCUT2D eigenvalue weighted by Gasteiger charge is -2.23. The van der Waals surface area contributed by atoms with Crippen molar-refractivity contribution in [1.82, 2.24) is 9.97 Å². The molecule has 21 heavy (non-hydrogen) atoms. The van der Waals surface area contributed by atoms with E-state index >= 15 is 0 Å². The Kier molecular flexibility index (Phi) is 3.28. The van der Waals surface area contributed by atoms with E-state index in [0.717, 1.165) is 28.8 Å². The summed E-state index contributed by atoms with van der Waals surface area (Å²) in [5.41, 5.74) is 3.32. The number of hydrogen-bond donors (Lipinski definition) is 1. The molecule has 1 aromatic carbocycles. The maximum absolute atomic E-state index is 4.91. The molecule has 0 radical (unpaired) electrons. The molecule has 1 N–H and O–H groups in total. The predicted molar refractivity (Wildman–Crippen MR) is 89.9 cm³/mol. The van der Waals surface area contributed by atoms with E-state index in [2.05, 4.69) is 62.3 Å². The van der Waals surface area contributed by atoms with Gasteiger partial charge in [-0.2, -0.15) is 0 Å². The Morgan fingerprint density at radius 1 is 1.14 bits per heavy atom. The van der Waals surface area contributed by atoms with Gasteiger partial charge in [-0.25, -0.2) is 4.98 Å². The first kappa shape index (κ1) is 13.8. The van der Waals surface area contributed by atoms with Gasteiger partial charge < -0.3 is 5.32 Å². The van der Waals surface area contributed by atoms with Gasteiger partial charge in [0.15, 0.2) is 0 Å². The number of benzene rings is 1. The SMILES string of the molecule is CCNc1nc2c(ccc3ncccc32)cc1C(C)(C)C. The number of nitrogens with one attached hydrogen (secondary N) is 1. The average molecular weight is 279 g/mol. The summed E-state index contributed by atoms with van der Waals surface area (Å²) in [6.45, 7) is 9.63. The van der Waals surface area contributed by atoms with Crippen molar-refractivity contribution < 1.29 is 0 Å². The lowest BCUT2D eigenvalue weighted by molar-refractivity contribution is 0.590. The molecule has 0 bridgehead atoms. The summed E-state index contributed by atoms with van der Waals surface area (Å²) in [7, 11) is 0. The molecule has 3 aromatic rings. The molecular formula is C18H21N3. The summed E-state index contributed by atoms with van der Waals surface area (Å²) in [5.74, 6) is 0.980. The molecule has 108 valence electrons. The van der Waals surface area contributed by atoms with Crippen LogP contribution in [0.2, 0.25) is 0 Å². The number of hydrogen-bond acceptors (Lipinski definition) is 3. The first-order valence-electron chi connectivity index (χ1n) is 7.43. The molecule has 2 heterocycles. The molecule has 2 aromatic heterocycles. The lowest BCUT2D eigenvalue weighted by atomic mass is 9.86. The summed E-state index contributed by atoms with van der Waals surface area (Å²) in [6, 6.07) is 10.5. The van der Waals surface area contributed by atoms with Crippen LogP contribution in [0.25, 0.3) is 21.8 Å². The molecule has 0 aliphatic rings. The van der Waals surface area contributed by atoms with Crippen LogP contribution in [0.15, 0.2) is 36.5 Å². The standard InChI is InChI=1S/C18H21N3/c1-5-19-17-14(18(2,3)4)11-12-8-9-15-13(16(12)21-17)7-6-10-20-15/h6-11H,5H2,1-4H3,(H,19,21). The van der Waals surface area contributed by atoms with Gasteiger partial charge in [-0.3, -0.25) is 4.98 Å². The molecule has 0 spiro atoms. The van der Waals surface area contributed by atoms with Crippen LogP contribution >= 0.6 is 0 Å². The van der Waals surface area contributed by atoms with Crippen molar-refractivity contribution in [2.75, 3.05) is 11.9 Å². The van der Waals surface area contributed by atoms with Crippen LogP contribution in [0.5, 0.6) is 0 Å². The maximum atomic E-state index is 4.91. The van der Waals surface area contributed by atoms with E-state index < -0.39 is 0 Å². The highest BCUT2D eigenvalue weighted by molar-refractivity contribution is 6.04. The van der Waals surface area contributed by atoms with Crippen LogP contribution in [0.1, 0.15) is 33.3 Å². The summed E-state index contributed by atoms with van der Waals surface area (Å²) in [4.78, 5) is 9.33. The van der Waals surface area contributed by atoms with E-state index in [1.165, 1.54) is 10.9 Å². The minimum atomic E-state index is 0.0581. The zero-order valence-electron chi connectivity index (χ0n) is 13.1. The third kappa shape index (κ3) is 2.44. The van der Waals surface area contributed by atoms with Gasteiger partial charge in [-0.1, -0.05) is 26.8 Å². The van der Waals surface area contributed by atoms with Crippen molar-refractivity contribution in [3.8, 4) is 0 Å². The van der Waals surface area contributed by atoms with Crippen LogP contribution in [-0.2, 0) is 5.41 Å². The maximum Gasteiger partial charge on any atom is 0.130 e. The van der Waals surface area contributed by atoms with Gasteiger partial charge >= 0.3 is 0 Å². The van der Waals surface area contributed by atoms with E-state index in [0.29, 0.717) is 0 Å². The van der Waals surface area contributed by atoms with E-state index in [-0.39, 0.29) is 5.41 Å². The molecule has 0 fully saturated rings. The highest BCUT2D eigenvalue weighted by Crippen LogP contribution is 2.33. The van der Waals surface area contributed by atoms with Crippen LogP contribution in [0, 0.1) is 0 Å². The largest absolute Gasteiger partial charge is 0.370 e. The van der Waals surface area contributed by atoms with Gasteiger partial charge in [0.05, 0.1) is 11.0 Å². The number of rotatable bonds is 2. The Labute approximate surface area is 125 Å². The van der Waals surface area contributed by atoms with Crippen LogP contribution in [0.3, 0.4) is 0 Å². The normalized spacial score (nSPS) is 12.0. The smallest absolute Gasteiger partial charge is 0.130 e. The van der Waals surface area contributed by atoms with E-state index in [9.17, 15) is 0 Å². The molecule has 3 nitrogen and oxygen atoms in total. The highest BCUT2D eigenvalue weighted by atomic mass is 15.0. The first-order chi connectivity index (χ1) is 10.0. The molecule has 3 heteroatoms. The summed E-state index contributed by atoms with van der Waals surface area (Å²) in [5, 5.41) is 5.68. The van der Waals surface area contributed by atoms with Crippen molar-refractivity contribution in [3.63, 3.8) is 0 Å². The predicted octanol–water partition coefficient (Wildman–Crippen LogP) is 4.51. The highest BCUT2D eigenvalue weighted by Gasteiger charge is 2.20. The third-order valence-corrected chi connectivity index (χ3v) is 3.72. The summed E-state index contributed by atoms with van der Waals surface area (Å²) in [6.07, 6.45) is 1.82. The van der Waals surface area contributed by atoms with Crippen molar-refractivity contribution in [1.29, 1.82) is 0 Å². The van der Waals surface area contributed by atoms with Crippen LogP contribution in [0.4, 0.5) is 5.82 Å². The van der Waals surface area contributed by atoms with Gasteiger partial charge in [0.25, 0.3) is 0 Å². The Balaban J connectivity index is 2.37. The Morgan fingerprint density at radius 3 is 2.67 bits per heavy atom. The summed E-state index contributed by atoms with van der Waals surface area (Å²) < 4.78 is 0. The molecule has 0 atom stereocenters. The fourth-order valence-electron chi connectivity index (χ4n) is 2.66. The van der Waals surface area contributed by atoms with Crippen LogP contribution in [-0.4, -0.2) is 16.5 Å². The number of nitrogens with zero attached hydrogens (tertiary/aromatic N) is 2. The molecule has 0 amide bonds. The van der Waals surface area contributed by atoms with E-state index in [1.807, 2.05) is 12.3 Å². The minimum Gasteiger partial charge on any atom is -0.370 e. The average Bonchev–Trinajstić information content (AvgIpc) is 2.46. The van der Waals surface area contributed by atoms with Crippen molar-refractivity contribution in [2.24, 2.45) is 0 Å². The van der Waals surface area contributed by atoms with Gasteiger partial charge in [-0.05, 0) is 36.6 Å². The van der Waals surface area contributed by atoms with Gasteiger partial charge in [0.1, 0.15) is 5.82 Å². The van der Waals surface area contributed by atoms with Crippen molar-refractivity contribution >= 4 is 27.6 Å². The van der Waals surface area contributed by atoms with Crippen molar-refractivity contribution in [2.45, 2.75) is 33.1 Å². The number of pyridine rings is 2. The fourth-order valence-corrected chi connectivity index (χ4v) is 2.66. The third-order valence-electron chi connectivity index (χ3n) is 3.72. The minimum absolute atomic E-state index is 0.0581. The van der Waals surface area contributed by atoms with E-state index in [4.69, 9.17) is 4.98 Å². The zero-order valence-corrected chi connectivity index (χ0v) is 13.1. The second-order valence-electron chi connectivity index (χ2n) is 6.37. The van der Waals surface area contributed by atoms with Gasteiger partial charge in [-0.15, -0.1) is 0 Å². The first-order valence-corrected chi connectivity index (χ1v) is 7.43. The van der Waals surface area contributed by atoms with E-state index in [1.54, 1.807) is 0 Å². The molecular weight excluding hydrogens is 258 g/mol. The molecule has 0 saturated heterocycles. The van der Waals surface area contributed by atoms with Gasteiger partial charge in [0, 0.05) is 29.1 Å². The van der Waals surface area contributed by atoms with Gasteiger partial charge in [0.2, 0.25) is 0 Å². The lowest BCUT2D eigenvalue weighted by Crippen LogP contribution is -2.16. The zero-order chi connectivity index (χ0) is 15.0. The topological polar surface area (TPSA) is 37.8 Å². The Bertz CT molecular complexity index is 801. The molecule has 0 aliphatic heterocycles. The summed E-state index contributed by atoms with van der Waals surface area (Å²) >= 11 is 0. The second-order valence-corrected chi connectivity index (χ2v) is 6.37. The quantitative estimate of drug-likeness (QED) is 0.701. The number of aromatic nitrogens is 2. The molecule has 0 aliphatic carbocycles. The molecule has 3 rings (SSSR count). The molecule has 0 saturated carbocycles. The molecule has 0 unspecified atom stereocenters. The monoisotopic (exact) mass is 279 g/mol. The Morgan fingerprint density at radius 2 is 1.95 bits per heavy atom. The fraction of sp³-hybridized carbons (Fsp3) is 0.333. The van der Waals surface area contributed by atoms with Crippen LogP contribution < -0.4 is 5.32 Å². The van der Waals surface area contributed by atoms with Crippen molar-refractivity contribution in [3.05, 3.63) is 42.1 Å². The number of fused-ring (bicyclic) bond motifs is 3. The Hall–Kier alpha value is -2.16. The number of anilines is 1.